The second-order valence-corrected chi connectivity index (χ2v) is 8.74. The molecule has 2 aromatic rings. The molecule has 0 aliphatic carbocycles. The molecule has 0 saturated carbocycles. The van der Waals surface area contributed by atoms with E-state index >= 15 is 0 Å². The van der Waals surface area contributed by atoms with Crippen molar-refractivity contribution in [1.82, 2.24) is 9.80 Å². The van der Waals surface area contributed by atoms with Crippen molar-refractivity contribution in [1.29, 1.82) is 0 Å². The highest BCUT2D eigenvalue weighted by atomic mass is 35.5. The second kappa shape index (κ2) is 8.89. The molecule has 3 amide bonds. The molecule has 0 N–H and O–H groups in total. The molecular formula is C22H24ClF3N2O5. The summed E-state index contributed by atoms with van der Waals surface area (Å²) >= 11 is 6.28. The summed E-state index contributed by atoms with van der Waals surface area (Å²) < 4.78 is 51.3. The first-order chi connectivity index (χ1) is 15.3. The van der Waals surface area contributed by atoms with Crippen LogP contribution in [-0.2, 0) is 17.4 Å². The zero-order valence-electron chi connectivity index (χ0n) is 18.6. The van der Waals surface area contributed by atoms with Gasteiger partial charge in [0.1, 0.15) is 16.9 Å². The van der Waals surface area contributed by atoms with Gasteiger partial charge in [-0.05, 0) is 32.8 Å². The van der Waals surface area contributed by atoms with Crippen molar-refractivity contribution in [3.63, 3.8) is 0 Å². The molecule has 0 bridgehead atoms. The highest BCUT2D eigenvalue weighted by molar-refractivity contribution is 6.33. The number of amides is 3. The molecule has 0 unspecified atom stereocenters. The van der Waals surface area contributed by atoms with E-state index in [-0.39, 0.29) is 59.2 Å². The Morgan fingerprint density at radius 2 is 1.85 bits per heavy atom. The van der Waals surface area contributed by atoms with Crippen LogP contribution in [0.5, 0.6) is 5.75 Å². The number of rotatable bonds is 7. The highest BCUT2D eigenvalue weighted by Gasteiger charge is 2.48. The van der Waals surface area contributed by atoms with Crippen molar-refractivity contribution in [3.05, 3.63) is 38.7 Å². The summed E-state index contributed by atoms with van der Waals surface area (Å²) in [4.78, 5) is 39.1. The fraction of sp³-hybridized carbons (Fsp3) is 0.500. The lowest BCUT2D eigenvalue weighted by molar-refractivity contribution is -0.136. The Labute approximate surface area is 193 Å². The smallest absolute Gasteiger partial charge is 0.417 e. The highest BCUT2D eigenvalue weighted by Crippen LogP contribution is 2.41. The van der Waals surface area contributed by atoms with Crippen molar-refractivity contribution in [2.45, 2.75) is 51.7 Å². The second-order valence-electron chi connectivity index (χ2n) is 8.33. The number of ether oxygens (including phenoxy) is 1. The van der Waals surface area contributed by atoms with Gasteiger partial charge in [-0.15, -0.1) is 0 Å². The molecule has 2 heterocycles. The molecule has 1 aromatic carbocycles. The minimum atomic E-state index is -4.76. The Balaban J connectivity index is 1.87. The summed E-state index contributed by atoms with van der Waals surface area (Å²) in [6.45, 7) is 5.25. The van der Waals surface area contributed by atoms with Gasteiger partial charge in [0, 0.05) is 30.6 Å². The van der Waals surface area contributed by atoms with Crippen molar-refractivity contribution in [2.75, 3.05) is 20.2 Å². The van der Waals surface area contributed by atoms with Crippen LogP contribution in [0.3, 0.4) is 0 Å². The number of carbonyl (C=O) groups excluding carboxylic acids is 2. The van der Waals surface area contributed by atoms with Gasteiger partial charge in [0.2, 0.25) is 0 Å². The number of hydrogen-bond donors (Lipinski definition) is 0. The molecule has 7 nitrogen and oxygen atoms in total. The van der Waals surface area contributed by atoms with Crippen LogP contribution in [0.1, 0.15) is 44.7 Å². The van der Waals surface area contributed by atoms with E-state index in [4.69, 9.17) is 20.8 Å². The maximum absolute atomic E-state index is 13.5. The van der Waals surface area contributed by atoms with Crippen molar-refractivity contribution in [3.8, 4) is 5.75 Å². The first-order valence-corrected chi connectivity index (χ1v) is 10.8. The lowest BCUT2D eigenvalue weighted by Gasteiger charge is -2.22. The lowest BCUT2D eigenvalue weighted by atomic mass is 10.0. The summed E-state index contributed by atoms with van der Waals surface area (Å²) in [5.74, 6) is -0.211. The number of urea groups is 1. The molecule has 180 valence electrons. The van der Waals surface area contributed by atoms with Gasteiger partial charge in [0.15, 0.2) is 0 Å². The Hall–Kier alpha value is -2.75. The minimum absolute atomic E-state index is 0.0341. The monoisotopic (exact) mass is 488 g/mol. The van der Waals surface area contributed by atoms with Gasteiger partial charge in [0.05, 0.1) is 17.2 Å². The lowest BCUT2D eigenvalue weighted by Crippen LogP contribution is -2.41. The number of imide groups is 1. The average Bonchev–Trinajstić information content (AvgIpc) is 2.86. The third kappa shape index (κ3) is 4.53. The molecule has 11 heteroatoms. The summed E-state index contributed by atoms with van der Waals surface area (Å²) in [5.41, 5.74) is -3.15. The van der Waals surface area contributed by atoms with Crippen LogP contribution in [0.25, 0.3) is 11.0 Å². The SMILES string of the molecule is CCCc1c(OCCCN2C(=O)N(C)C(C)(C)C2=O)c(Cl)cc2c(C(F)(F)F)cc(=O)oc12. The Morgan fingerprint density at radius 3 is 2.39 bits per heavy atom. The number of benzene rings is 1. The predicted molar refractivity (Wildman–Crippen MR) is 116 cm³/mol. The van der Waals surface area contributed by atoms with Gasteiger partial charge >= 0.3 is 17.8 Å². The van der Waals surface area contributed by atoms with Crippen LogP contribution in [0, 0.1) is 0 Å². The van der Waals surface area contributed by atoms with E-state index in [2.05, 4.69) is 0 Å². The van der Waals surface area contributed by atoms with Gasteiger partial charge < -0.3 is 14.1 Å². The largest absolute Gasteiger partial charge is 0.492 e. The molecule has 1 aliphatic rings. The van der Waals surface area contributed by atoms with Gasteiger partial charge in [-0.2, -0.15) is 13.2 Å². The number of likely N-dealkylation sites (N-methyl/N-ethyl adjacent to an activating group) is 1. The summed E-state index contributed by atoms with van der Waals surface area (Å²) in [7, 11) is 1.55. The van der Waals surface area contributed by atoms with Gasteiger partial charge in [-0.3, -0.25) is 9.69 Å². The van der Waals surface area contributed by atoms with E-state index in [0.717, 1.165) is 11.0 Å². The number of nitrogens with zero attached hydrogens (tertiary/aromatic N) is 2. The maximum atomic E-state index is 13.5. The Kier molecular flexibility index (Phi) is 6.70. The van der Waals surface area contributed by atoms with Crippen LogP contribution < -0.4 is 10.4 Å². The fourth-order valence-electron chi connectivity index (χ4n) is 3.75. The Bertz CT molecular complexity index is 1160. The van der Waals surface area contributed by atoms with Crippen LogP contribution >= 0.6 is 11.6 Å². The molecule has 33 heavy (non-hydrogen) atoms. The average molecular weight is 489 g/mol. The van der Waals surface area contributed by atoms with Crippen molar-refractivity contribution >= 4 is 34.5 Å². The van der Waals surface area contributed by atoms with E-state index in [1.807, 2.05) is 6.92 Å². The fourth-order valence-corrected chi connectivity index (χ4v) is 4.03. The first kappa shape index (κ1) is 24.9. The number of carbonyl (C=O) groups is 2. The van der Waals surface area contributed by atoms with Gasteiger partial charge in [-0.25, -0.2) is 9.59 Å². The quantitative estimate of drug-likeness (QED) is 0.316. The molecule has 1 fully saturated rings. The van der Waals surface area contributed by atoms with E-state index in [9.17, 15) is 27.6 Å². The maximum Gasteiger partial charge on any atom is 0.417 e. The Morgan fingerprint density at radius 1 is 1.18 bits per heavy atom. The molecule has 0 radical (unpaired) electrons. The number of alkyl halides is 3. The standard InChI is InChI=1S/C22H24ClF3N2O5/c1-5-7-12-17-13(14(22(24,25)26)11-16(29)33-17)10-15(23)18(12)32-9-6-8-28-19(30)21(2,3)27(4)20(28)31/h10-11H,5-9H2,1-4H3. The summed E-state index contributed by atoms with van der Waals surface area (Å²) in [5, 5.41) is -0.374. The molecule has 3 rings (SSSR count). The van der Waals surface area contributed by atoms with Crippen LogP contribution in [-0.4, -0.2) is 47.5 Å². The number of halogens is 4. The van der Waals surface area contributed by atoms with E-state index in [0.29, 0.717) is 12.5 Å². The topological polar surface area (TPSA) is 80.1 Å². The van der Waals surface area contributed by atoms with Crippen molar-refractivity contribution in [2.24, 2.45) is 0 Å². The van der Waals surface area contributed by atoms with Crippen LogP contribution in [0.4, 0.5) is 18.0 Å². The van der Waals surface area contributed by atoms with E-state index in [1.165, 1.54) is 4.90 Å². The van der Waals surface area contributed by atoms with Gasteiger partial charge in [-0.1, -0.05) is 24.9 Å². The zero-order chi connectivity index (χ0) is 24.7. The molecular weight excluding hydrogens is 465 g/mol. The van der Waals surface area contributed by atoms with E-state index in [1.54, 1.807) is 20.9 Å². The van der Waals surface area contributed by atoms with Crippen LogP contribution in [0.2, 0.25) is 5.02 Å². The van der Waals surface area contributed by atoms with Gasteiger partial charge in [0.25, 0.3) is 5.91 Å². The summed E-state index contributed by atoms with van der Waals surface area (Å²) in [6, 6.07) is 1.06. The molecule has 1 aliphatic heterocycles. The van der Waals surface area contributed by atoms with E-state index < -0.39 is 28.9 Å². The molecule has 1 saturated heterocycles. The first-order valence-electron chi connectivity index (χ1n) is 10.4. The zero-order valence-corrected chi connectivity index (χ0v) is 19.4. The molecule has 0 atom stereocenters. The third-order valence-electron chi connectivity index (χ3n) is 5.74. The number of hydrogen-bond acceptors (Lipinski definition) is 5. The predicted octanol–water partition coefficient (Wildman–Crippen LogP) is 4.86. The number of fused-ring (bicyclic) bond motifs is 1. The normalized spacial score (nSPS) is 16.2. The molecule has 1 aromatic heterocycles. The van der Waals surface area contributed by atoms with Crippen molar-refractivity contribution < 1.29 is 31.9 Å². The molecule has 0 spiro atoms. The minimum Gasteiger partial charge on any atom is -0.492 e. The van der Waals surface area contributed by atoms with Crippen LogP contribution in [0.15, 0.2) is 21.3 Å². The summed E-state index contributed by atoms with van der Waals surface area (Å²) in [6.07, 6.45) is -3.70. The third-order valence-corrected chi connectivity index (χ3v) is 6.02. The number of aryl methyl sites for hydroxylation is 1.